The molecule has 0 bridgehead atoms. The predicted molar refractivity (Wildman–Crippen MR) is 56.5 cm³/mol. The number of hydrogen-bond acceptors (Lipinski definition) is 2. The van der Waals surface area contributed by atoms with E-state index in [-0.39, 0.29) is 5.91 Å². The standard InChI is InChI=1S/C11H20N2O/c1-3-10(2)9-11(14)13-8-6-4-5-7-12/h10H,3-6,8-9H2,1-2H3,(H,13,14). The van der Waals surface area contributed by atoms with Crippen LogP contribution in [-0.2, 0) is 4.79 Å². The normalized spacial score (nSPS) is 11.8. The van der Waals surface area contributed by atoms with Crippen molar-refractivity contribution in [3.8, 4) is 6.07 Å². The molecule has 0 heterocycles. The fraction of sp³-hybridized carbons (Fsp3) is 0.818. The highest BCUT2D eigenvalue weighted by Gasteiger charge is 2.05. The first kappa shape index (κ1) is 13.0. The molecule has 0 aromatic rings. The molecule has 0 aromatic heterocycles. The van der Waals surface area contributed by atoms with Gasteiger partial charge < -0.3 is 5.32 Å². The molecule has 1 unspecified atom stereocenters. The van der Waals surface area contributed by atoms with Gasteiger partial charge in [-0.2, -0.15) is 5.26 Å². The first-order valence-electron chi connectivity index (χ1n) is 5.34. The number of carbonyl (C=O) groups excluding carboxylic acids is 1. The van der Waals surface area contributed by atoms with E-state index in [1.54, 1.807) is 0 Å². The molecule has 0 rings (SSSR count). The van der Waals surface area contributed by atoms with Crippen molar-refractivity contribution < 1.29 is 4.79 Å². The molecule has 14 heavy (non-hydrogen) atoms. The molecule has 0 radical (unpaired) electrons. The minimum absolute atomic E-state index is 0.135. The summed E-state index contributed by atoms with van der Waals surface area (Å²) in [4.78, 5) is 11.3. The first-order chi connectivity index (χ1) is 6.70. The van der Waals surface area contributed by atoms with Gasteiger partial charge in [0, 0.05) is 19.4 Å². The van der Waals surface area contributed by atoms with Crippen LogP contribution < -0.4 is 5.32 Å². The minimum Gasteiger partial charge on any atom is -0.356 e. The lowest BCUT2D eigenvalue weighted by Gasteiger charge is -2.08. The van der Waals surface area contributed by atoms with Gasteiger partial charge >= 0.3 is 0 Å². The first-order valence-corrected chi connectivity index (χ1v) is 5.34. The Morgan fingerprint density at radius 2 is 2.21 bits per heavy atom. The van der Waals surface area contributed by atoms with Crippen molar-refractivity contribution in [2.45, 2.75) is 46.0 Å². The van der Waals surface area contributed by atoms with Crippen molar-refractivity contribution in [2.24, 2.45) is 5.92 Å². The van der Waals surface area contributed by atoms with Crippen LogP contribution in [0, 0.1) is 17.2 Å². The molecular weight excluding hydrogens is 176 g/mol. The van der Waals surface area contributed by atoms with Crippen molar-refractivity contribution in [2.75, 3.05) is 6.54 Å². The molecule has 80 valence electrons. The molecule has 0 saturated carbocycles. The smallest absolute Gasteiger partial charge is 0.220 e. The average molecular weight is 196 g/mol. The fourth-order valence-corrected chi connectivity index (χ4v) is 1.09. The Balaban J connectivity index is 3.32. The van der Waals surface area contributed by atoms with Gasteiger partial charge in [0.1, 0.15) is 0 Å². The summed E-state index contributed by atoms with van der Waals surface area (Å²) in [6.45, 7) is 4.87. The molecule has 0 aliphatic carbocycles. The number of unbranched alkanes of at least 4 members (excludes halogenated alkanes) is 2. The van der Waals surface area contributed by atoms with Crippen LogP contribution in [0.4, 0.5) is 0 Å². The van der Waals surface area contributed by atoms with Crippen LogP contribution in [0.25, 0.3) is 0 Å². The average Bonchev–Trinajstić information content (AvgIpc) is 2.17. The lowest BCUT2D eigenvalue weighted by molar-refractivity contribution is -0.121. The van der Waals surface area contributed by atoms with E-state index in [0.717, 1.165) is 19.3 Å². The fourth-order valence-electron chi connectivity index (χ4n) is 1.09. The van der Waals surface area contributed by atoms with Crippen LogP contribution in [0.15, 0.2) is 0 Å². The zero-order valence-electron chi connectivity index (χ0n) is 9.18. The SMILES string of the molecule is CCC(C)CC(=O)NCCCCC#N. The third kappa shape index (κ3) is 7.60. The Hall–Kier alpha value is -1.04. The minimum atomic E-state index is 0.135. The van der Waals surface area contributed by atoms with Gasteiger partial charge in [-0.3, -0.25) is 4.79 Å². The number of rotatable bonds is 7. The van der Waals surface area contributed by atoms with Crippen molar-refractivity contribution in [1.82, 2.24) is 5.32 Å². The van der Waals surface area contributed by atoms with Gasteiger partial charge in [0.15, 0.2) is 0 Å². The van der Waals surface area contributed by atoms with Gasteiger partial charge in [-0.05, 0) is 18.8 Å². The number of hydrogen-bond donors (Lipinski definition) is 1. The highest BCUT2D eigenvalue weighted by Crippen LogP contribution is 2.05. The van der Waals surface area contributed by atoms with Gasteiger partial charge in [0.2, 0.25) is 5.91 Å². The van der Waals surface area contributed by atoms with Crippen molar-refractivity contribution in [1.29, 1.82) is 5.26 Å². The zero-order valence-corrected chi connectivity index (χ0v) is 9.18. The molecule has 0 fully saturated rings. The number of amides is 1. The van der Waals surface area contributed by atoms with Crippen molar-refractivity contribution >= 4 is 5.91 Å². The lowest BCUT2D eigenvalue weighted by Crippen LogP contribution is -2.25. The van der Waals surface area contributed by atoms with Gasteiger partial charge in [0.25, 0.3) is 0 Å². The van der Waals surface area contributed by atoms with E-state index in [1.807, 2.05) is 0 Å². The molecule has 0 aromatic carbocycles. The summed E-state index contributed by atoms with van der Waals surface area (Å²) in [6, 6.07) is 2.08. The summed E-state index contributed by atoms with van der Waals surface area (Å²) in [6.07, 6.45) is 4.03. The lowest BCUT2D eigenvalue weighted by atomic mass is 10.1. The Kier molecular flexibility index (Phi) is 7.92. The zero-order chi connectivity index (χ0) is 10.8. The van der Waals surface area contributed by atoms with Crippen LogP contribution in [-0.4, -0.2) is 12.5 Å². The molecule has 0 spiro atoms. The maximum absolute atomic E-state index is 11.3. The molecule has 3 heteroatoms. The number of nitrogens with zero attached hydrogens (tertiary/aromatic N) is 1. The molecule has 1 amide bonds. The van der Waals surface area contributed by atoms with E-state index >= 15 is 0 Å². The molecular formula is C11H20N2O. The summed E-state index contributed by atoms with van der Waals surface area (Å²) < 4.78 is 0. The predicted octanol–water partition coefficient (Wildman–Crippen LogP) is 2.23. The van der Waals surface area contributed by atoms with E-state index in [9.17, 15) is 4.79 Å². The number of nitrogens with one attached hydrogen (secondary N) is 1. The highest BCUT2D eigenvalue weighted by atomic mass is 16.1. The van der Waals surface area contributed by atoms with Crippen molar-refractivity contribution in [3.05, 3.63) is 0 Å². The van der Waals surface area contributed by atoms with E-state index in [4.69, 9.17) is 5.26 Å². The van der Waals surface area contributed by atoms with Crippen LogP contribution in [0.5, 0.6) is 0 Å². The molecule has 0 aliphatic rings. The summed E-state index contributed by atoms with van der Waals surface area (Å²) in [5, 5.41) is 11.1. The largest absolute Gasteiger partial charge is 0.356 e. The second kappa shape index (κ2) is 8.55. The highest BCUT2D eigenvalue weighted by molar-refractivity contribution is 5.76. The molecule has 1 N–H and O–H groups in total. The van der Waals surface area contributed by atoms with Gasteiger partial charge in [-0.25, -0.2) is 0 Å². The third-order valence-electron chi connectivity index (χ3n) is 2.27. The van der Waals surface area contributed by atoms with Crippen LogP contribution in [0.1, 0.15) is 46.0 Å². The van der Waals surface area contributed by atoms with E-state index < -0.39 is 0 Å². The van der Waals surface area contributed by atoms with Gasteiger partial charge in [0.05, 0.1) is 6.07 Å². The second-order valence-corrected chi connectivity index (χ2v) is 3.68. The third-order valence-corrected chi connectivity index (χ3v) is 2.27. The Labute approximate surface area is 86.5 Å². The van der Waals surface area contributed by atoms with E-state index in [0.29, 0.717) is 25.3 Å². The van der Waals surface area contributed by atoms with Gasteiger partial charge in [-0.15, -0.1) is 0 Å². The maximum Gasteiger partial charge on any atom is 0.220 e. The summed E-state index contributed by atoms with van der Waals surface area (Å²) >= 11 is 0. The van der Waals surface area contributed by atoms with Crippen LogP contribution in [0.2, 0.25) is 0 Å². The second-order valence-electron chi connectivity index (χ2n) is 3.68. The van der Waals surface area contributed by atoms with Crippen molar-refractivity contribution in [3.63, 3.8) is 0 Å². The summed E-state index contributed by atoms with van der Waals surface area (Å²) in [5.41, 5.74) is 0. The Morgan fingerprint density at radius 3 is 2.79 bits per heavy atom. The monoisotopic (exact) mass is 196 g/mol. The Morgan fingerprint density at radius 1 is 1.50 bits per heavy atom. The quantitative estimate of drug-likeness (QED) is 0.635. The Bertz CT molecular complexity index is 196. The molecule has 3 nitrogen and oxygen atoms in total. The summed E-state index contributed by atoms with van der Waals surface area (Å²) in [5.74, 6) is 0.602. The maximum atomic E-state index is 11.3. The number of nitriles is 1. The molecule has 0 saturated heterocycles. The van der Waals surface area contributed by atoms with Crippen LogP contribution >= 0.6 is 0 Å². The van der Waals surface area contributed by atoms with E-state index in [2.05, 4.69) is 25.2 Å². The number of carbonyl (C=O) groups is 1. The topological polar surface area (TPSA) is 52.9 Å². The van der Waals surface area contributed by atoms with Crippen LogP contribution in [0.3, 0.4) is 0 Å². The molecule has 0 aliphatic heterocycles. The van der Waals surface area contributed by atoms with Gasteiger partial charge in [-0.1, -0.05) is 20.3 Å². The summed E-state index contributed by atoms with van der Waals surface area (Å²) in [7, 11) is 0. The van der Waals surface area contributed by atoms with E-state index in [1.165, 1.54) is 0 Å². The molecule has 1 atom stereocenters.